The molecule has 0 aliphatic carbocycles. The van der Waals surface area contributed by atoms with Crippen molar-refractivity contribution in [2.45, 2.75) is 98.7 Å². The number of unbranched alkanes of at least 4 members (excludes halogenated alkanes) is 5. The second-order valence-corrected chi connectivity index (χ2v) is 10.4. The van der Waals surface area contributed by atoms with E-state index in [4.69, 9.17) is 9.47 Å². The molecule has 4 nitrogen and oxygen atoms in total. The molecular formula is C31H44O4. The van der Waals surface area contributed by atoms with Crippen molar-refractivity contribution in [1.82, 2.24) is 0 Å². The average Bonchev–Trinajstić information content (AvgIpc) is 2.81. The number of hydrogen-bond donors (Lipinski definition) is 0. The molecule has 35 heavy (non-hydrogen) atoms. The number of hydrogen-bond acceptors (Lipinski definition) is 4. The minimum absolute atomic E-state index is 0.461. The summed E-state index contributed by atoms with van der Waals surface area (Å²) in [6.45, 7) is 10.9. The molecule has 0 N–H and O–H groups in total. The largest absolute Gasteiger partial charge is 0.422 e. The zero-order valence-corrected chi connectivity index (χ0v) is 22.3. The Labute approximate surface area is 212 Å². The van der Waals surface area contributed by atoms with E-state index in [1.54, 1.807) is 24.3 Å². The summed E-state index contributed by atoms with van der Waals surface area (Å²) in [7, 11) is 0. The lowest BCUT2D eigenvalue weighted by Gasteiger charge is -2.19. The van der Waals surface area contributed by atoms with E-state index in [1.807, 2.05) is 24.3 Å². The second-order valence-electron chi connectivity index (χ2n) is 10.4. The normalized spacial score (nSPS) is 11.3. The number of carbonyl (C=O) groups excluding carboxylic acids is 2. The van der Waals surface area contributed by atoms with Gasteiger partial charge in [-0.2, -0.15) is 0 Å². The van der Waals surface area contributed by atoms with Gasteiger partial charge < -0.3 is 9.47 Å². The molecule has 0 heterocycles. The van der Waals surface area contributed by atoms with E-state index in [2.05, 4.69) is 34.6 Å². The van der Waals surface area contributed by atoms with Gasteiger partial charge in [0.2, 0.25) is 6.29 Å². The zero-order valence-electron chi connectivity index (χ0n) is 22.3. The maximum Gasteiger partial charge on any atom is 0.341 e. The third-order valence-corrected chi connectivity index (χ3v) is 5.94. The number of carbonyl (C=O) groups is 2. The first-order chi connectivity index (χ1) is 16.8. The minimum atomic E-state index is -0.896. The Morgan fingerprint density at radius 1 is 0.629 bits per heavy atom. The highest BCUT2D eigenvalue weighted by Gasteiger charge is 2.21. The van der Waals surface area contributed by atoms with Gasteiger partial charge in [-0.05, 0) is 66.5 Å². The van der Waals surface area contributed by atoms with Crippen LogP contribution in [0.1, 0.15) is 111 Å². The molecule has 192 valence electrons. The summed E-state index contributed by atoms with van der Waals surface area (Å²) in [5, 5.41) is 0. The topological polar surface area (TPSA) is 52.6 Å². The van der Waals surface area contributed by atoms with Crippen molar-refractivity contribution in [2.24, 2.45) is 11.8 Å². The SMILES string of the molecule is CCCCCCCCC(OC(=O)c1ccc(CC(C)C)cc1)OC(=O)c1ccc(CC(C)C)cc1. The molecule has 0 radical (unpaired) electrons. The molecule has 2 aromatic carbocycles. The summed E-state index contributed by atoms with van der Waals surface area (Å²) in [6, 6.07) is 15.0. The Hall–Kier alpha value is -2.62. The van der Waals surface area contributed by atoms with Crippen LogP contribution in [-0.2, 0) is 22.3 Å². The Bertz CT molecular complexity index is 814. The van der Waals surface area contributed by atoms with Crippen LogP contribution < -0.4 is 0 Å². The molecule has 0 saturated carbocycles. The molecule has 0 bridgehead atoms. The third-order valence-electron chi connectivity index (χ3n) is 5.94. The first-order valence-corrected chi connectivity index (χ1v) is 13.4. The summed E-state index contributed by atoms with van der Waals surface area (Å²) in [5.74, 6) is 0.177. The van der Waals surface area contributed by atoms with Crippen LogP contribution in [0.5, 0.6) is 0 Å². The molecule has 0 aliphatic rings. The van der Waals surface area contributed by atoms with Crippen molar-refractivity contribution in [3.8, 4) is 0 Å². The number of esters is 2. The van der Waals surface area contributed by atoms with Crippen LogP contribution in [0.3, 0.4) is 0 Å². The molecule has 2 aromatic rings. The lowest BCUT2D eigenvalue weighted by Crippen LogP contribution is -2.25. The van der Waals surface area contributed by atoms with Crippen LogP contribution in [0.15, 0.2) is 48.5 Å². The molecule has 0 fully saturated rings. The second kappa shape index (κ2) is 15.4. The van der Waals surface area contributed by atoms with Gasteiger partial charge in [0.05, 0.1) is 11.1 Å². The van der Waals surface area contributed by atoms with Gasteiger partial charge in [-0.3, -0.25) is 0 Å². The van der Waals surface area contributed by atoms with E-state index >= 15 is 0 Å². The van der Waals surface area contributed by atoms with E-state index in [9.17, 15) is 9.59 Å². The number of ether oxygens (including phenoxy) is 2. The Kier molecular flexibility index (Phi) is 12.6. The van der Waals surface area contributed by atoms with E-state index in [1.165, 1.54) is 30.4 Å². The van der Waals surface area contributed by atoms with Gasteiger partial charge in [0.1, 0.15) is 0 Å². The highest BCUT2D eigenvalue weighted by atomic mass is 16.7. The Balaban J connectivity index is 2.01. The fourth-order valence-corrected chi connectivity index (χ4v) is 4.10. The standard InChI is InChI=1S/C31H44O4/c1-6-7-8-9-10-11-12-29(34-30(32)27-17-13-25(14-18-27)21-23(2)3)35-31(33)28-19-15-26(16-20-28)22-24(4)5/h13-20,23-24,29H,6-12,21-22H2,1-5H3. The maximum absolute atomic E-state index is 12.8. The first kappa shape index (κ1) is 28.6. The summed E-state index contributed by atoms with van der Waals surface area (Å²) < 4.78 is 11.3. The van der Waals surface area contributed by atoms with Gasteiger partial charge in [0.15, 0.2) is 0 Å². The molecule has 0 amide bonds. The molecular weight excluding hydrogens is 436 g/mol. The lowest BCUT2D eigenvalue weighted by atomic mass is 10.0. The van der Waals surface area contributed by atoms with Crippen LogP contribution >= 0.6 is 0 Å². The van der Waals surface area contributed by atoms with Gasteiger partial charge in [-0.25, -0.2) is 9.59 Å². The summed E-state index contributed by atoms with van der Waals surface area (Å²) in [5.41, 5.74) is 3.32. The van der Waals surface area contributed by atoms with Gasteiger partial charge in [-0.15, -0.1) is 0 Å². The maximum atomic E-state index is 12.8. The highest BCUT2D eigenvalue weighted by molar-refractivity contribution is 5.91. The van der Waals surface area contributed by atoms with Crippen LogP contribution in [0.25, 0.3) is 0 Å². The summed E-state index contributed by atoms with van der Waals surface area (Å²) >= 11 is 0. The molecule has 4 heteroatoms. The Morgan fingerprint density at radius 2 is 1.03 bits per heavy atom. The van der Waals surface area contributed by atoms with E-state index in [0.717, 1.165) is 32.1 Å². The molecule has 2 rings (SSSR count). The van der Waals surface area contributed by atoms with Crippen LogP contribution in [-0.4, -0.2) is 18.2 Å². The fraction of sp³-hybridized carbons (Fsp3) is 0.548. The van der Waals surface area contributed by atoms with Crippen LogP contribution in [0.4, 0.5) is 0 Å². The zero-order chi connectivity index (χ0) is 25.6. The smallest absolute Gasteiger partial charge is 0.341 e. The van der Waals surface area contributed by atoms with Crippen molar-refractivity contribution >= 4 is 11.9 Å². The Morgan fingerprint density at radius 3 is 1.43 bits per heavy atom. The average molecular weight is 481 g/mol. The van der Waals surface area contributed by atoms with Crippen LogP contribution in [0.2, 0.25) is 0 Å². The molecule has 0 spiro atoms. The monoisotopic (exact) mass is 480 g/mol. The van der Waals surface area contributed by atoms with Gasteiger partial charge >= 0.3 is 11.9 Å². The van der Waals surface area contributed by atoms with E-state index in [0.29, 0.717) is 29.4 Å². The summed E-state index contributed by atoms with van der Waals surface area (Å²) in [4.78, 5) is 25.6. The molecule has 0 aromatic heterocycles. The van der Waals surface area contributed by atoms with Gasteiger partial charge in [0.25, 0.3) is 0 Å². The highest BCUT2D eigenvalue weighted by Crippen LogP contribution is 2.18. The van der Waals surface area contributed by atoms with Crippen molar-refractivity contribution in [1.29, 1.82) is 0 Å². The van der Waals surface area contributed by atoms with Crippen molar-refractivity contribution < 1.29 is 19.1 Å². The van der Waals surface area contributed by atoms with Gasteiger partial charge in [0, 0.05) is 6.42 Å². The molecule has 0 aliphatic heterocycles. The first-order valence-electron chi connectivity index (χ1n) is 13.4. The summed E-state index contributed by atoms with van der Waals surface area (Å²) in [6.07, 6.45) is 8.16. The molecule has 0 unspecified atom stereocenters. The van der Waals surface area contributed by atoms with Gasteiger partial charge in [-0.1, -0.05) is 91.0 Å². The molecule has 0 saturated heterocycles. The van der Waals surface area contributed by atoms with Crippen LogP contribution in [0, 0.1) is 11.8 Å². The minimum Gasteiger partial charge on any atom is -0.422 e. The predicted molar refractivity (Wildman–Crippen MR) is 143 cm³/mol. The van der Waals surface area contributed by atoms with E-state index < -0.39 is 18.2 Å². The van der Waals surface area contributed by atoms with Crippen molar-refractivity contribution in [3.05, 3.63) is 70.8 Å². The lowest BCUT2D eigenvalue weighted by molar-refractivity contribution is -0.0838. The third kappa shape index (κ3) is 11.1. The van der Waals surface area contributed by atoms with E-state index in [-0.39, 0.29) is 0 Å². The molecule has 0 atom stereocenters. The fourth-order valence-electron chi connectivity index (χ4n) is 4.10. The number of rotatable bonds is 15. The van der Waals surface area contributed by atoms with Crippen molar-refractivity contribution in [2.75, 3.05) is 0 Å². The predicted octanol–water partition coefficient (Wildman–Crippen LogP) is 8.17. The number of benzene rings is 2. The van der Waals surface area contributed by atoms with Crippen molar-refractivity contribution in [3.63, 3.8) is 0 Å². The quantitative estimate of drug-likeness (QED) is 0.146.